The topological polar surface area (TPSA) is 17.1 Å². The van der Waals surface area contributed by atoms with Crippen molar-refractivity contribution in [3.05, 3.63) is 0 Å². The summed E-state index contributed by atoms with van der Waals surface area (Å²) in [5, 5.41) is 0. The van der Waals surface area contributed by atoms with Gasteiger partial charge in [0.2, 0.25) is 0 Å². The van der Waals surface area contributed by atoms with Gasteiger partial charge in [-0.3, -0.25) is 4.79 Å². The molecule has 46 valence electrons. The van der Waals surface area contributed by atoms with Crippen LogP contribution in [0.5, 0.6) is 0 Å². The van der Waals surface area contributed by atoms with Gasteiger partial charge >= 0.3 is 0 Å². The summed E-state index contributed by atoms with van der Waals surface area (Å²) in [6.45, 7) is 0. The van der Waals surface area contributed by atoms with E-state index in [1.807, 2.05) is 0 Å². The number of hydrogen-bond donors (Lipinski definition) is 0. The summed E-state index contributed by atoms with van der Waals surface area (Å²) in [4.78, 5) is 11.0. The van der Waals surface area contributed by atoms with Crippen molar-refractivity contribution in [1.29, 1.82) is 0 Å². The molecule has 0 heterocycles. The highest BCUT2D eigenvalue weighted by molar-refractivity contribution is 5.90. The normalized spacial score (nSPS) is 78.9. The van der Waals surface area contributed by atoms with Gasteiger partial charge in [0.25, 0.3) is 0 Å². The Bertz CT molecular complexity index is 223. The molecule has 5 aliphatic rings. The second-order valence-electron chi connectivity index (χ2n) is 4.17. The predicted octanol–water partition coefficient (Wildman–Crippen LogP) is 0.697. The van der Waals surface area contributed by atoms with Crippen molar-refractivity contribution in [3.63, 3.8) is 0 Å². The summed E-state index contributed by atoms with van der Waals surface area (Å²) < 4.78 is 0. The molecule has 5 aliphatic carbocycles. The quantitative estimate of drug-likeness (QED) is 0.460. The Hall–Kier alpha value is -0.330. The number of rotatable bonds is 0. The Morgan fingerprint density at radius 3 is 2.33 bits per heavy atom. The number of hydrogen-bond acceptors (Lipinski definition) is 1. The second-order valence-corrected chi connectivity index (χ2v) is 4.17. The Labute approximate surface area is 53.4 Å². The number of carbonyl (C=O) groups is 1. The molecule has 9 heavy (non-hydrogen) atoms. The molecule has 3 unspecified atom stereocenters. The first-order chi connectivity index (χ1) is 4.39. The largest absolute Gasteiger partial charge is 0.299 e. The molecule has 0 spiro atoms. The van der Waals surface area contributed by atoms with Gasteiger partial charge < -0.3 is 0 Å². The van der Waals surface area contributed by atoms with E-state index >= 15 is 0 Å². The van der Waals surface area contributed by atoms with Crippen LogP contribution in [0, 0.1) is 35.5 Å². The molecule has 5 fully saturated rings. The van der Waals surface area contributed by atoms with E-state index in [0.29, 0.717) is 11.7 Å². The van der Waals surface area contributed by atoms with E-state index in [2.05, 4.69) is 0 Å². The third-order valence-corrected chi connectivity index (χ3v) is 4.12. The van der Waals surface area contributed by atoms with Gasteiger partial charge in [0.15, 0.2) is 0 Å². The van der Waals surface area contributed by atoms with Crippen LogP contribution in [-0.2, 0) is 4.79 Å². The van der Waals surface area contributed by atoms with Gasteiger partial charge in [-0.15, -0.1) is 0 Å². The van der Waals surface area contributed by atoms with Crippen molar-refractivity contribution in [3.8, 4) is 0 Å². The lowest BCUT2D eigenvalue weighted by molar-refractivity contribution is -0.132. The van der Waals surface area contributed by atoms with E-state index in [0.717, 1.165) is 36.0 Å². The zero-order valence-corrected chi connectivity index (χ0v) is 5.08. The highest BCUT2D eigenvalue weighted by atomic mass is 16.1. The minimum Gasteiger partial charge on any atom is -0.299 e. The van der Waals surface area contributed by atoms with Crippen LogP contribution in [0.2, 0.25) is 0 Å². The van der Waals surface area contributed by atoms with Crippen LogP contribution in [0.4, 0.5) is 0 Å². The Kier molecular flexibility index (Phi) is 0.302. The second kappa shape index (κ2) is 0.727. The maximum absolute atomic E-state index is 11.0. The van der Waals surface area contributed by atoms with E-state index < -0.39 is 0 Å². The van der Waals surface area contributed by atoms with Crippen molar-refractivity contribution in [2.75, 3.05) is 0 Å². The van der Waals surface area contributed by atoms with Gasteiger partial charge in [-0.05, 0) is 29.6 Å². The minimum atomic E-state index is 0.595. The maximum atomic E-state index is 11.0. The molecular formula is C8H8O. The van der Waals surface area contributed by atoms with Crippen molar-refractivity contribution < 1.29 is 4.79 Å². The first-order valence-electron chi connectivity index (χ1n) is 3.92. The molecule has 0 aromatic heterocycles. The highest BCUT2D eigenvalue weighted by Gasteiger charge is 2.87. The van der Waals surface area contributed by atoms with Crippen LogP contribution in [0.15, 0.2) is 0 Å². The Morgan fingerprint density at radius 2 is 1.89 bits per heavy atom. The van der Waals surface area contributed by atoms with Gasteiger partial charge in [-0.2, -0.15) is 0 Å². The molecule has 0 saturated heterocycles. The van der Waals surface area contributed by atoms with Crippen molar-refractivity contribution in [2.45, 2.75) is 6.42 Å². The molecule has 0 aromatic carbocycles. The lowest BCUT2D eigenvalue weighted by Gasteiger charge is -2.27. The minimum absolute atomic E-state index is 0.595. The van der Waals surface area contributed by atoms with E-state index in [1.54, 1.807) is 0 Å². The van der Waals surface area contributed by atoms with Crippen molar-refractivity contribution in [1.82, 2.24) is 0 Å². The fourth-order valence-corrected chi connectivity index (χ4v) is 3.64. The summed E-state index contributed by atoms with van der Waals surface area (Å²) in [6.07, 6.45) is 0.957. The molecule has 0 aliphatic heterocycles. The number of Topliss-reactive ketones (excluding diaryl/α,β-unsaturated/α-hetero) is 1. The molecule has 1 nitrogen and oxygen atoms in total. The number of ketones is 1. The molecule has 0 amide bonds. The Morgan fingerprint density at radius 1 is 1.11 bits per heavy atom. The smallest absolute Gasteiger partial charge is 0.136 e. The molecule has 0 N–H and O–H groups in total. The van der Waals surface area contributed by atoms with Gasteiger partial charge in [-0.1, -0.05) is 0 Å². The third kappa shape index (κ3) is 0.194. The van der Waals surface area contributed by atoms with Crippen molar-refractivity contribution >= 4 is 5.78 Å². The number of carbonyl (C=O) groups excluding carboxylic acids is 1. The zero-order valence-electron chi connectivity index (χ0n) is 5.08. The average molecular weight is 120 g/mol. The predicted molar refractivity (Wildman–Crippen MR) is 30.6 cm³/mol. The van der Waals surface area contributed by atoms with Crippen LogP contribution in [0.1, 0.15) is 6.42 Å². The van der Waals surface area contributed by atoms with Crippen LogP contribution in [-0.4, -0.2) is 5.78 Å². The maximum Gasteiger partial charge on any atom is 0.136 e. The fraction of sp³-hybridized carbons (Fsp3) is 0.875. The lowest BCUT2D eigenvalue weighted by atomic mass is 9.75. The monoisotopic (exact) mass is 120 g/mol. The standard InChI is InChI=1S/C8H8O/c9-3-1-2-4(3)6-7-5(2)8(6)7/h2,4-8H,1H2/t2-,4-,5?,6?,7-,8?/m0/s1. The van der Waals surface area contributed by atoms with E-state index in [1.165, 1.54) is 0 Å². The van der Waals surface area contributed by atoms with E-state index in [9.17, 15) is 4.79 Å². The van der Waals surface area contributed by atoms with Crippen LogP contribution < -0.4 is 0 Å². The summed E-state index contributed by atoms with van der Waals surface area (Å²) in [5.74, 6) is 6.25. The Balaban J connectivity index is 1.91. The fourth-order valence-electron chi connectivity index (χ4n) is 3.64. The van der Waals surface area contributed by atoms with E-state index in [-0.39, 0.29) is 0 Å². The van der Waals surface area contributed by atoms with Crippen LogP contribution in [0.25, 0.3) is 0 Å². The SMILES string of the molecule is O=C1C[C@@H]2C3C4C([C@@H]43)[C@H]12. The van der Waals surface area contributed by atoms with Crippen LogP contribution in [0.3, 0.4) is 0 Å². The van der Waals surface area contributed by atoms with Gasteiger partial charge in [0.1, 0.15) is 5.78 Å². The lowest BCUT2D eigenvalue weighted by Crippen LogP contribution is -2.33. The van der Waals surface area contributed by atoms with Gasteiger partial charge in [0, 0.05) is 12.3 Å². The summed E-state index contributed by atoms with van der Waals surface area (Å²) in [6, 6.07) is 0. The van der Waals surface area contributed by atoms with Crippen LogP contribution >= 0.6 is 0 Å². The molecule has 2 bridgehead atoms. The molecule has 0 radical (unpaired) electrons. The van der Waals surface area contributed by atoms with E-state index in [4.69, 9.17) is 0 Å². The summed E-state index contributed by atoms with van der Waals surface area (Å²) in [5.41, 5.74) is 0. The van der Waals surface area contributed by atoms with Gasteiger partial charge in [0.05, 0.1) is 0 Å². The van der Waals surface area contributed by atoms with Crippen molar-refractivity contribution in [2.24, 2.45) is 35.5 Å². The highest BCUT2D eigenvalue weighted by Crippen LogP contribution is 2.88. The average Bonchev–Trinajstić information content (AvgIpc) is 2.62. The molecule has 1 heteroatoms. The molecule has 5 saturated carbocycles. The molecule has 6 atom stereocenters. The summed E-state index contributed by atoms with van der Waals surface area (Å²) in [7, 11) is 0. The first-order valence-corrected chi connectivity index (χ1v) is 3.92. The molecule has 5 rings (SSSR count). The zero-order chi connectivity index (χ0) is 5.75. The first kappa shape index (κ1) is 3.75. The summed E-state index contributed by atoms with van der Waals surface area (Å²) >= 11 is 0. The van der Waals surface area contributed by atoms with Gasteiger partial charge in [-0.25, -0.2) is 0 Å². The molecular weight excluding hydrogens is 112 g/mol. The molecule has 0 aromatic rings. The third-order valence-electron chi connectivity index (χ3n) is 4.12.